The van der Waals surface area contributed by atoms with E-state index in [9.17, 15) is 4.79 Å². The van der Waals surface area contributed by atoms with Gasteiger partial charge in [0.25, 0.3) is 5.91 Å². The molecule has 0 aromatic carbocycles. The number of aromatic nitrogens is 2. The maximum atomic E-state index is 12.5. The second-order valence-electron chi connectivity index (χ2n) is 6.77. The van der Waals surface area contributed by atoms with Crippen LogP contribution >= 0.6 is 0 Å². The van der Waals surface area contributed by atoms with E-state index in [2.05, 4.69) is 38.8 Å². The first-order valence-electron chi connectivity index (χ1n) is 8.70. The lowest BCUT2D eigenvalue weighted by atomic mass is 10.2. The van der Waals surface area contributed by atoms with Gasteiger partial charge in [0.15, 0.2) is 0 Å². The summed E-state index contributed by atoms with van der Waals surface area (Å²) < 4.78 is 2.10. The highest BCUT2D eigenvalue weighted by atomic mass is 16.1. The monoisotopic (exact) mass is 334 g/mol. The Labute approximate surface area is 147 Å². The predicted molar refractivity (Wildman–Crippen MR) is 98.8 cm³/mol. The number of amides is 1. The number of carbonyl (C=O) groups excluding carboxylic acids is 1. The lowest BCUT2D eigenvalue weighted by molar-refractivity contribution is 0.0950. The van der Waals surface area contributed by atoms with Gasteiger partial charge in [0.05, 0.1) is 5.56 Å². The van der Waals surface area contributed by atoms with Gasteiger partial charge in [-0.25, -0.2) is 0 Å². The van der Waals surface area contributed by atoms with Gasteiger partial charge in [0.2, 0.25) is 0 Å². The summed E-state index contributed by atoms with van der Waals surface area (Å²) in [5, 5.41) is 2.97. The molecular formula is C20H22N4O. The van der Waals surface area contributed by atoms with Crippen LogP contribution in [0, 0.1) is 5.92 Å². The molecule has 0 unspecified atom stereocenters. The molecule has 1 saturated carbocycles. The first-order valence-corrected chi connectivity index (χ1v) is 8.70. The molecule has 5 nitrogen and oxygen atoms in total. The van der Waals surface area contributed by atoms with E-state index in [1.807, 2.05) is 30.5 Å². The molecule has 4 rings (SSSR count). The molecule has 0 bridgehead atoms. The summed E-state index contributed by atoms with van der Waals surface area (Å²) in [4.78, 5) is 18.8. The molecule has 5 heteroatoms. The second kappa shape index (κ2) is 6.59. The maximum absolute atomic E-state index is 12.5. The SMILES string of the molecule is CN(CC1CC1)c1ccc2ccc(C(=O)NCc3ccncc3)cn12. The Kier molecular flexibility index (Phi) is 4.14. The molecule has 128 valence electrons. The molecule has 1 aliphatic carbocycles. The molecule has 0 atom stereocenters. The highest BCUT2D eigenvalue weighted by Gasteiger charge is 2.23. The van der Waals surface area contributed by atoms with Crippen molar-refractivity contribution < 1.29 is 4.79 Å². The number of hydrogen-bond acceptors (Lipinski definition) is 3. The fourth-order valence-electron chi connectivity index (χ4n) is 3.10. The minimum absolute atomic E-state index is 0.0665. The van der Waals surface area contributed by atoms with Gasteiger partial charge in [0.1, 0.15) is 5.82 Å². The first-order chi connectivity index (χ1) is 12.2. The summed E-state index contributed by atoms with van der Waals surface area (Å²) in [5.74, 6) is 1.89. The molecule has 1 amide bonds. The minimum atomic E-state index is -0.0665. The number of anilines is 1. The maximum Gasteiger partial charge on any atom is 0.253 e. The summed E-state index contributed by atoms with van der Waals surface area (Å²) >= 11 is 0. The Morgan fingerprint density at radius 2 is 1.96 bits per heavy atom. The Balaban J connectivity index is 1.52. The van der Waals surface area contributed by atoms with Gasteiger partial charge in [0, 0.05) is 44.2 Å². The quantitative estimate of drug-likeness (QED) is 0.753. The third-order valence-electron chi connectivity index (χ3n) is 4.71. The van der Waals surface area contributed by atoms with Crippen LogP contribution in [0.25, 0.3) is 5.52 Å². The number of pyridine rings is 2. The van der Waals surface area contributed by atoms with Crippen molar-refractivity contribution in [3.8, 4) is 0 Å². The lowest BCUT2D eigenvalue weighted by Crippen LogP contribution is -2.24. The van der Waals surface area contributed by atoms with Gasteiger partial charge in [-0.05, 0) is 60.7 Å². The van der Waals surface area contributed by atoms with Crippen molar-refractivity contribution in [1.29, 1.82) is 0 Å². The van der Waals surface area contributed by atoms with E-state index in [0.717, 1.165) is 29.4 Å². The molecule has 0 saturated heterocycles. The first kappa shape index (κ1) is 15.7. The summed E-state index contributed by atoms with van der Waals surface area (Å²) in [6.45, 7) is 1.57. The average Bonchev–Trinajstić information content (AvgIpc) is 3.35. The van der Waals surface area contributed by atoms with Crippen molar-refractivity contribution in [1.82, 2.24) is 14.7 Å². The summed E-state index contributed by atoms with van der Waals surface area (Å²) in [6, 6.07) is 11.9. The predicted octanol–water partition coefficient (Wildman–Crippen LogP) is 3.11. The van der Waals surface area contributed by atoms with E-state index in [4.69, 9.17) is 0 Å². The number of nitrogens with one attached hydrogen (secondary N) is 1. The second-order valence-corrected chi connectivity index (χ2v) is 6.77. The van der Waals surface area contributed by atoms with Crippen molar-refractivity contribution in [3.05, 3.63) is 66.1 Å². The van der Waals surface area contributed by atoms with Crippen LogP contribution in [-0.2, 0) is 6.54 Å². The van der Waals surface area contributed by atoms with E-state index in [0.29, 0.717) is 12.1 Å². The zero-order valence-corrected chi connectivity index (χ0v) is 14.4. The van der Waals surface area contributed by atoms with Gasteiger partial charge >= 0.3 is 0 Å². The molecule has 1 N–H and O–H groups in total. The third kappa shape index (κ3) is 3.50. The smallest absolute Gasteiger partial charge is 0.253 e. The number of hydrogen-bond donors (Lipinski definition) is 1. The Hall–Kier alpha value is -2.82. The molecule has 25 heavy (non-hydrogen) atoms. The molecule has 1 aliphatic rings. The molecule has 3 aromatic heterocycles. The summed E-state index contributed by atoms with van der Waals surface area (Å²) in [5.41, 5.74) is 2.80. The van der Waals surface area contributed by atoms with Crippen LogP contribution in [0.1, 0.15) is 28.8 Å². The molecule has 3 heterocycles. The average molecular weight is 334 g/mol. The highest BCUT2D eigenvalue weighted by molar-refractivity contribution is 5.94. The molecule has 3 aromatic rings. The van der Waals surface area contributed by atoms with Crippen molar-refractivity contribution >= 4 is 17.2 Å². The van der Waals surface area contributed by atoms with Gasteiger partial charge < -0.3 is 14.6 Å². The minimum Gasteiger partial charge on any atom is -0.361 e. The van der Waals surface area contributed by atoms with Gasteiger partial charge in [-0.2, -0.15) is 0 Å². The van der Waals surface area contributed by atoms with Gasteiger partial charge in [-0.15, -0.1) is 0 Å². The van der Waals surface area contributed by atoms with E-state index in [1.165, 1.54) is 12.8 Å². The highest BCUT2D eigenvalue weighted by Crippen LogP contribution is 2.31. The van der Waals surface area contributed by atoms with Crippen LogP contribution in [-0.4, -0.2) is 28.9 Å². The topological polar surface area (TPSA) is 49.6 Å². The Morgan fingerprint density at radius 3 is 2.72 bits per heavy atom. The number of fused-ring (bicyclic) bond motifs is 1. The molecular weight excluding hydrogens is 312 g/mol. The van der Waals surface area contributed by atoms with Crippen molar-refractivity contribution in [2.24, 2.45) is 5.92 Å². The van der Waals surface area contributed by atoms with Crippen molar-refractivity contribution in [2.45, 2.75) is 19.4 Å². The largest absolute Gasteiger partial charge is 0.361 e. The van der Waals surface area contributed by atoms with Crippen LogP contribution in [0.2, 0.25) is 0 Å². The van der Waals surface area contributed by atoms with Crippen LogP contribution in [0.4, 0.5) is 5.82 Å². The zero-order valence-electron chi connectivity index (χ0n) is 14.4. The molecule has 0 aliphatic heterocycles. The van der Waals surface area contributed by atoms with E-state index >= 15 is 0 Å². The van der Waals surface area contributed by atoms with Crippen molar-refractivity contribution in [2.75, 3.05) is 18.5 Å². The lowest BCUT2D eigenvalue weighted by Gasteiger charge is -2.19. The zero-order chi connectivity index (χ0) is 17.2. The number of rotatable bonds is 6. The van der Waals surface area contributed by atoms with Crippen LogP contribution in [0.3, 0.4) is 0 Å². The number of nitrogens with zero attached hydrogens (tertiary/aromatic N) is 3. The van der Waals surface area contributed by atoms with Crippen LogP contribution < -0.4 is 10.2 Å². The third-order valence-corrected chi connectivity index (χ3v) is 4.71. The fraction of sp³-hybridized carbons (Fsp3) is 0.300. The molecule has 1 fully saturated rings. The van der Waals surface area contributed by atoms with E-state index in [-0.39, 0.29) is 5.91 Å². The van der Waals surface area contributed by atoms with Gasteiger partial charge in [-0.3, -0.25) is 9.78 Å². The van der Waals surface area contributed by atoms with Crippen LogP contribution in [0.15, 0.2) is 55.0 Å². The van der Waals surface area contributed by atoms with E-state index < -0.39 is 0 Å². The van der Waals surface area contributed by atoms with Crippen molar-refractivity contribution in [3.63, 3.8) is 0 Å². The van der Waals surface area contributed by atoms with E-state index in [1.54, 1.807) is 12.4 Å². The van der Waals surface area contributed by atoms with Gasteiger partial charge in [-0.1, -0.05) is 0 Å². The normalized spacial score (nSPS) is 13.8. The Bertz CT molecular complexity index is 883. The number of carbonyl (C=O) groups is 1. The Morgan fingerprint density at radius 1 is 1.20 bits per heavy atom. The standard InChI is InChI=1S/C20H22N4O/c1-23(13-16-2-3-16)19-7-6-18-5-4-17(14-24(18)19)20(25)22-12-15-8-10-21-11-9-15/h4-11,14,16H,2-3,12-13H2,1H3,(H,22,25). The molecule has 0 spiro atoms. The fourth-order valence-corrected chi connectivity index (χ4v) is 3.10. The molecule has 0 radical (unpaired) electrons. The summed E-state index contributed by atoms with van der Waals surface area (Å²) in [7, 11) is 2.12. The van der Waals surface area contributed by atoms with Crippen LogP contribution in [0.5, 0.6) is 0 Å². The summed E-state index contributed by atoms with van der Waals surface area (Å²) in [6.07, 6.45) is 8.05.